The number of carbonyl (C=O) groups excluding carboxylic acids is 1. The van der Waals surface area contributed by atoms with Crippen molar-refractivity contribution in [1.82, 2.24) is 29.4 Å². The van der Waals surface area contributed by atoms with Gasteiger partial charge in [0.05, 0.1) is 23.6 Å². The standard InChI is InChI=1S/C26H30N10O.CH2O2/c1-28-25-22(19-10-29-11-20-21(19)30-14-35(20)3)32-23(24(27)37)26(33-25)31-15-4-6-16(7-5-15)36-17-8-9-18(36)13-34(2)12-17;2-1-3/h4-7,10-11,14,17-18H,8-9,12-13H2,1-3H3,(H2,27,37)(H2,28,31,33);1H,(H,2,3). The number of anilines is 4. The second-order valence-corrected chi connectivity index (χ2v) is 9.93. The van der Waals surface area contributed by atoms with E-state index in [1.807, 2.05) is 23.7 Å². The number of amides is 1. The molecule has 2 saturated heterocycles. The summed E-state index contributed by atoms with van der Waals surface area (Å²) in [5.74, 6) is 0.0953. The van der Waals surface area contributed by atoms with E-state index in [4.69, 9.17) is 15.6 Å². The number of hydrogen-bond acceptors (Lipinski definition) is 10. The van der Waals surface area contributed by atoms with E-state index in [0.717, 1.165) is 24.3 Å². The Morgan fingerprint density at radius 1 is 1.07 bits per heavy atom. The van der Waals surface area contributed by atoms with E-state index in [-0.39, 0.29) is 18.0 Å². The maximum atomic E-state index is 12.4. The SMILES string of the molecule is CNc1nc(Nc2ccc(N3C4CCC3CN(C)C4)cc2)c(C(N)=O)nc1-c1cncc2c1ncn2C.O=CO. The van der Waals surface area contributed by atoms with E-state index in [1.54, 1.807) is 25.8 Å². The highest BCUT2D eigenvalue weighted by Crippen LogP contribution is 2.36. The van der Waals surface area contributed by atoms with Crippen molar-refractivity contribution in [3.05, 3.63) is 48.7 Å². The summed E-state index contributed by atoms with van der Waals surface area (Å²) in [6.07, 6.45) is 7.58. The Labute approximate surface area is 231 Å². The van der Waals surface area contributed by atoms with Crippen molar-refractivity contribution in [3.8, 4) is 11.3 Å². The highest BCUT2D eigenvalue weighted by atomic mass is 16.3. The van der Waals surface area contributed by atoms with Crippen molar-refractivity contribution in [2.24, 2.45) is 12.8 Å². The summed E-state index contributed by atoms with van der Waals surface area (Å²) >= 11 is 0. The summed E-state index contributed by atoms with van der Waals surface area (Å²) in [5, 5.41) is 13.2. The number of aromatic nitrogens is 5. The third kappa shape index (κ3) is 4.98. The van der Waals surface area contributed by atoms with Crippen LogP contribution in [0.15, 0.2) is 43.0 Å². The van der Waals surface area contributed by atoms with Gasteiger partial charge in [0.15, 0.2) is 17.3 Å². The third-order valence-electron chi connectivity index (χ3n) is 7.35. The molecule has 4 aromatic rings. The normalized spacial score (nSPS) is 18.2. The van der Waals surface area contributed by atoms with E-state index < -0.39 is 5.91 Å². The van der Waals surface area contributed by atoms with Crippen LogP contribution >= 0.6 is 0 Å². The minimum Gasteiger partial charge on any atom is -0.483 e. The van der Waals surface area contributed by atoms with Crippen LogP contribution in [0.25, 0.3) is 22.3 Å². The molecular formula is C27H32N10O3. The van der Waals surface area contributed by atoms with Gasteiger partial charge in [-0.15, -0.1) is 0 Å². The molecule has 0 aliphatic carbocycles. The van der Waals surface area contributed by atoms with Crippen molar-refractivity contribution in [1.29, 1.82) is 0 Å². The second kappa shape index (κ2) is 11.1. The van der Waals surface area contributed by atoms with Crippen LogP contribution in [0.2, 0.25) is 0 Å². The third-order valence-corrected chi connectivity index (χ3v) is 7.35. The van der Waals surface area contributed by atoms with Gasteiger partial charge in [-0.3, -0.25) is 14.6 Å². The lowest BCUT2D eigenvalue weighted by Crippen LogP contribution is -2.52. The molecule has 2 atom stereocenters. The molecule has 1 aromatic carbocycles. The van der Waals surface area contributed by atoms with Crippen LogP contribution in [0.5, 0.6) is 0 Å². The van der Waals surface area contributed by atoms with Crippen LogP contribution in [-0.4, -0.2) is 86.2 Å². The van der Waals surface area contributed by atoms with Crippen LogP contribution in [0.4, 0.5) is 23.0 Å². The summed E-state index contributed by atoms with van der Waals surface area (Å²) in [6, 6.07) is 9.36. The first kappa shape index (κ1) is 26.8. The number of pyridine rings is 1. The largest absolute Gasteiger partial charge is 0.483 e. The molecule has 1 amide bonds. The zero-order valence-corrected chi connectivity index (χ0v) is 22.6. The van der Waals surface area contributed by atoms with E-state index in [1.165, 1.54) is 18.5 Å². The smallest absolute Gasteiger partial charge is 0.290 e. The van der Waals surface area contributed by atoms with Gasteiger partial charge in [-0.2, -0.15) is 0 Å². The van der Waals surface area contributed by atoms with Gasteiger partial charge in [-0.1, -0.05) is 0 Å². The average molecular weight is 545 g/mol. The number of aryl methyl sites for hydroxylation is 1. The predicted molar refractivity (Wildman–Crippen MR) is 153 cm³/mol. The number of piperazine rings is 1. The fourth-order valence-corrected chi connectivity index (χ4v) is 5.66. The molecule has 2 fully saturated rings. The molecule has 0 radical (unpaired) electrons. The predicted octanol–water partition coefficient (Wildman–Crippen LogP) is 2.29. The zero-order valence-electron chi connectivity index (χ0n) is 22.6. The molecule has 2 unspecified atom stereocenters. The van der Waals surface area contributed by atoms with E-state index in [0.29, 0.717) is 34.7 Å². The van der Waals surface area contributed by atoms with Crippen LogP contribution in [0, 0.1) is 0 Å². The monoisotopic (exact) mass is 544 g/mol. The lowest BCUT2D eigenvalue weighted by atomic mass is 10.1. The summed E-state index contributed by atoms with van der Waals surface area (Å²) in [7, 11) is 5.85. The molecule has 3 aromatic heterocycles. The number of nitrogens with two attached hydrogens (primary N) is 1. The minimum absolute atomic E-state index is 0.0446. The molecule has 5 heterocycles. The Hall–Kier alpha value is -4.78. The highest BCUT2D eigenvalue weighted by Gasteiger charge is 2.38. The number of carbonyl (C=O) groups is 2. The first-order valence-corrected chi connectivity index (χ1v) is 12.9. The highest BCUT2D eigenvalue weighted by molar-refractivity contribution is 5.99. The second-order valence-electron chi connectivity index (χ2n) is 9.93. The number of benzene rings is 1. The molecule has 6 rings (SSSR count). The molecule has 0 saturated carbocycles. The number of carboxylic acid groups (broad SMARTS) is 1. The molecule has 208 valence electrons. The summed E-state index contributed by atoms with van der Waals surface area (Å²) in [6.45, 7) is 1.93. The topological polar surface area (TPSA) is 167 Å². The number of hydrogen-bond donors (Lipinski definition) is 4. The zero-order chi connectivity index (χ0) is 28.4. The van der Waals surface area contributed by atoms with Crippen molar-refractivity contribution >= 4 is 46.4 Å². The lowest BCUT2D eigenvalue weighted by molar-refractivity contribution is -0.122. The van der Waals surface area contributed by atoms with Crippen molar-refractivity contribution < 1.29 is 14.7 Å². The van der Waals surface area contributed by atoms with Gasteiger partial charge < -0.3 is 35.8 Å². The van der Waals surface area contributed by atoms with Gasteiger partial charge >= 0.3 is 0 Å². The number of imidazole rings is 1. The number of nitrogens with one attached hydrogen (secondary N) is 2. The first-order chi connectivity index (χ1) is 19.3. The molecule has 5 N–H and O–H groups in total. The van der Waals surface area contributed by atoms with E-state index in [2.05, 4.69) is 59.5 Å². The Morgan fingerprint density at radius 3 is 2.38 bits per heavy atom. The van der Waals surface area contributed by atoms with Crippen LogP contribution in [-0.2, 0) is 11.8 Å². The number of likely N-dealkylation sites (tertiary alicyclic amines) is 1. The van der Waals surface area contributed by atoms with Crippen LogP contribution in [0.3, 0.4) is 0 Å². The molecule has 40 heavy (non-hydrogen) atoms. The maximum absolute atomic E-state index is 12.4. The lowest BCUT2D eigenvalue weighted by Gasteiger charge is -2.41. The maximum Gasteiger partial charge on any atom is 0.290 e. The summed E-state index contributed by atoms with van der Waals surface area (Å²) in [5.41, 5.74) is 10.5. The van der Waals surface area contributed by atoms with Crippen molar-refractivity contribution in [2.45, 2.75) is 24.9 Å². The summed E-state index contributed by atoms with van der Waals surface area (Å²) in [4.78, 5) is 43.9. The van der Waals surface area contributed by atoms with Gasteiger partial charge in [0.2, 0.25) is 0 Å². The number of primary amides is 1. The van der Waals surface area contributed by atoms with E-state index >= 15 is 0 Å². The fourth-order valence-electron chi connectivity index (χ4n) is 5.66. The quantitative estimate of drug-likeness (QED) is 0.263. The molecule has 2 bridgehead atoms. The van der Waals surface area contributed by atoms with Crippen LogP contribution in [0.1, 0.15) is 23.3 Å². The van der Waals surface area contributed by atoms with E-state index in [9.17, 15) is 4.79 Å². The molecule has 2 aliphatic rings. The van der Waals surface area contributed by atoms with Gasteiger partial charge in [0, 0.05) is 56.8 Å². The number of likely N-dealkylation sites (N-methyl/N-ethyl adjacent to an activating group) is 1. The van der Waals surface area contributed by atoms with Gasteiger partial charge in [0.1, 0.15) is 11.2 Å². The molecular weight excluding hydrogens is 512 g/mol. The molecule has 0 spiro atoms. The Morgan fingerprint density at radius 2 is 1.75 bits per heavy atom. The van der Waals surface area contributed by atoms with Gasteiger partial charge in [-0.05, 0) is 44.2 Å². The van der Waals surface area contributed by atoms with Gasteiger partial charge in [0.25, 0.3) is 12.4 Å². The fraction of sp³-hybridized carbons (Fsp3) is 0.333. The Balaban J connectivity index is 0.00000103. The number of fused-ring (bicyclic) bond motifs is 3. The van der Waals surface area contributed by atoms with Crippen molar-refractivity contribution in [3.63, 3.8) is 0 Å². The molecule has 13 heteroatoms. The molecule has 2 aliphatic heterocycles. The number of rotatable bonds is 6. The minimum atomic E-state index is -0.675. The van der Waals surface area contributed by atoms with Crippen molar-refractivity contribution in [2.75, 3.05) is 42.7 Å². The number of nitrogens with zero attached hydrogens (tertiary/aromatic N) is 7. The average Bonchev–Trinajstić information content (AvgIpc) is 3.45. The summed E-state index contributed by atoms with van der Waals surface area (Å²) < 4.78 is 1.88. The first-order valence-electron chi connectivity index (χ1n) is 12.9. The Bertz CT molecular complexity index is 1520. The molecule has 13 nitrogen and oxygen atoms in total. The van der Waals surface area contributed by atoms with Crippen LogP contribution < -0.4 is 21.3 Å². The van der Waals surface area contributed by atoms with Gasteiger partial charge in [-0.25, -0.2) is 15.0 Å². The Kier molecular flexibility index (Phi) is 7.47.